The van der Waals surface area contributed by atoms with Crippen molar-refractivity contribution in [1.29, 1.82) is 0 Å². The van der Waals surface area contributed by atoms with E-state index in [4.69, 9.17) is 5.73 Å². The van der Waals surface area contributed by atoms with E-state index in [2.05, 4.69) is 0 Å². The standard InChI is InChI=1S/C12H18FNO2S/c1-9(2)7-17(15,16)8-10-3-4-12(13)11(5-10)6-14/h3-5,9H,6-8,14H2,1-2H3. The van der Waals surface area contributed by atoms with Gasteiger partial charge in [0, 0.05) is 12.1 Å². The van der Waals surface area contributed by atoms with Crippen LogP contribution in [0.4, 0.5) is 4.39 Å². The van der Waals surface area contributed by atoms with Gasteiger partial charge in [0.15, 0.2) is 9.84 Å². The van der Waals surface area contributed by atoms with Crippen molar-refractivity contribution in [1.82, 2.24) is 0 Å². The monoisotopic (exact) mass is 259 g/mol. The summed E-state index contributed by atoms with van der Waals surface area (Å²) in [6.07, 6.45) is 0. The number of rotatable bonds is 5. The van der Waals surface area contributed by atoms with Crippen LogP contribution >= 0.6 is 0 Å². The molecule has 2 N–H and O–H groups in total. The van der Waals surface area contributed by atoms with Crippen molar-refractivity contribution in [3.63, 3.8) is 0 Å². The van der Waals surface area contributed by atoms with Crippen molar-refractivity contribution in [2.24, 2.45) is 11.7 Å². The molecule has 0 aliphatic carbocycles. The fourth-order valence-corrected chi connectivity index (χ4v) is 3.52. The molecule has 0 amide bonds. The van der Waals surface area contributed by atoms with E-state index in [1.165, 1.54) is 18.2 Å². The molecule has 1 aromatic carbocycles. The second kappa shape index (κ2) is 5.60. The van der Waals surface area contributed by atoms with Crippen LogP contribution in [0, 0.1) is 11.7 Å². The predicted molar refractivity (Wildman–Crippen MR) is 66.6 cm³/mol. The Morgan fingerprint density at radius 3 is 2.53 bits per heavy atom. The van der Waals surface area contributed by atoms with Crippen LogP contribution in [-0.4, -0.2) is 14.2 Å². The third-order valence-electron chi connectivity index (χ3n) is 2.30. The Kier molecular flexibility index (Phi) is 4.65. The molecule has 0 radical (unpaired) electrons. The number of benzene rings is 1. The molecule has 17 heavy (non-hydrogen) atoms. The van der Waals surface area contributed by atoms with Crippen LogP contribution in [-0.2, 0) is 22.1 Å². The first-order valence-corrected chi connectivity index (χ1v) is 7.34. The minimum atomic E-state index is -3.13. The van der Waals surface area contributed by atoms with E-state index < -0.39 is 15.7 Å². The highest BCUT2D eigenvalue weighted by atomic mass is 32.2. The van der Waals surface area contributed by atoms with Crippen LogP contribution in [0.2, 0.25) is 0 Å². The van der Waals surface area contributed by atoms with Gasteiger partial charge in [0.25, 0.3) is 0 Å². The average Bonchev–Trinajstić information content (AvgIpc) is 2.18. The van der Waals surface area contributed by atoms with Gasteiger partial charge < -0.3 is 5.73 Å². The van der Waals surface area contributed by atoms with Crippen LogP contribution < -0.4 is 5.73 Å². The van der Waals surface area contributed by atoms with Crippen molar-refractivity contribution in [2.45, 2.75) is 26.1 Å². The molecule has 1 aromatic rings. The Labute approximate surface area is 102 Å². The Balaban J connectivity index is 2.89. The molecule has 0 aromatic heterocycles. The third-order valence-corrected chi connectivity index (χ3v) is 4.25. The first kappa shape index (κ1) is 14.1. The highest BCUT2D eigenvalue weighted by molar-refractivity contribution is 7.90. The molecule has 0 unspecified atom stereocenters. The van der Waals surface area contributed by atoms with Crippen LogP contribution in [0.15, 0.2) is 18.2 Å². The van der Waals surface area contributed by atoms with Gasteiger partial charge in [-0.3, -0.25) is 0 Å². The molecular formula is C12H18FNO2S. The summed E-state index contributed by atoms with van der Waals surface area (Å²) in [5.74, 6) is -0.215. The van der Waals surface area contributed by atoms with Crippen molar-refractivity contribution >= 4 is 9.84 Å². The van der Waals surface area contributed by atoms with Gasteiger partial charge in [-0.25, -0.2) is 12.8 Å². The van der Waals surface area contributed by atoms with E-state index in [0.717, 1.165) is 0 Å². The second-order valence-corrected chi connectivity index (χ2v) is 6.69. The summed E-state index contributed by atoms with van der Waals surface area (Å²) in [6, 6.07) is 4.28. The van der Waals surface area contributed by atoms with Crippen molar-refractivity contribution in [2.75, 3.05) is 5.75 Å². The van der Waals surface area contributed by atoms with Gasteiger partial charge in [0.05, 0.1) is 11.5 Å². The zero-order chi connectivity index (χ0) is 13.1. The molecule has 0 aliphatic rings. The Hall–Kier alpha value is -0.940. The van der Waals surface area contributed by atoms with Gasteiger partial charge in [-0.05, 0) is 17.5 Å². The number of sulfone groups is 1. The maximum absolute atomic E-state index is 13.2. The first-order valence-electron chi connectivity index (χ1n) is 5.52. The lowest BCUT2D eigenvalue weighted by Gasteiger charge is -2.08. The molecule has 0 spiro atoms. The molecule has 1 rings (SSSR count). The molecule has 3 nitrogen and oxygen atoms in total. The summed E-state index contributed by atoms with van der Waals surface area (Å²) in [6.45, 7) is 3.78. The highest BCUT2D eigenvalue weighted by Gasteiger charge is 2.15. The van der Waals surface area contributed by atoms with Crippen LogP contribution in [0.3, 0.4) is 0 Å². The molecule has 5 heteroatoms. The van der Waals surface area contributed by atoms with Gasteiger partial charge in [-0.1, -0.05) is 26.0 Å². The predicted octanol–water partition coefficient (Wildman–Crippen LogP) is 1.86. The normalized spacial score (nSPS) is 12.1. The summed E-state index contributed by atoms with van der Waals surface area (Å²) in [5, 5.41) is 0. The fraction of sp³-hybridized carbons (Fsp3) is 0.500. The number of hydrogen-bond acceptors (Lipinski definition) is 3. The van der Waals surface area contributed by atoms with Crippen LogP contribution in [0.5, 0.6) is 0 Å². The van der Waals surface area contributed by atoms with Gasteiger partial charge in [0.2, 0.25) is 0 Å². The molecule has 0 atom stereocenters. The average molecular weight is 259 g/mol. The summed E-state index contributed by atoms with van der Waals surface area (Å²) < 4.78 is 36.7. The number of halogens is 1. The first-order chi connectivity index (χ1) is 7.84. The largest absolute Gasteiger partial charge is 0.326 e. The van der Waals surface area contributed by atoms with Crippen LogP contribution in [0.1, 0.15) is 25.0 Å². The van der Waals surface area contributed by atoms with E-state index in [1.54, 1.807) is 0 Å². The van der Waals surface area contributed by atoms with Gasteiger partial charge in [0.1, 0.15) is 5.82 Å². The molecule has 0 saturated carbocycles. The molecular weight excluding hydrogens is 241 g/mol. The zero-order valence-electron chi connectivity index (χ0n) is 10.1. The number of hydrogen-bond donors (Lipinski definition) is 1. The van der Waals surface area contributed by atoms with Crippen LogP contribution in [0.25, 0.3) is 0 Å². The minimum absolute atomic E-state index is 0.0571. The summed E-state index contributed by atoms with van der Waals surface area (Å²) in [7, 11) is -3.13. The third kappa shape index (κ3) is 4.44. The topological polar surface area (TPSA) is 60.2 Å². The van der Waals surface area contributed by atoms with E-state index in [1.807, 2.05) is 13.8 Å². The maximum atomic E-state index is 13.2. The lowest BCUT2D eigenvalue weighted by Crippen LogP contribution is -2.14. The maximum Gasteiger partial charge on any atom is 0.154 e. The van der Waals surface area contributed by atoms with E-state index in [-0.39, 0.29) is 24.0 Å². The van der Waals surface area contributed by atoms with Gasteiger partial charge in [-0.2, -0.15) is 0 Å². The summed E-state index contributed by atoms with van der Waals surface area (Å²) in [4.78, 5) is 0. The molecule has 0 heterocycles. The lowest BCUT2D eigenvalue weighted by molar-refractivity contribution is 0.581. The molecule has 96 valence electrons. The lowest BCUT2D eigenvalue weighted by atomic mass is 10.1. The second-order valence-electron chi connectivity index (χ2n) is 4.58. The summed E-state index contributed by atoms with van der Waals surface area (Å²) >= 11 is 0. The Bertz CT molecular complexity index is 483. The van der Waals surface area contributed by atoms with E-state index >= 15 is 0 Å². The fourth-order valence-electron chi connectivity index (χ4n) is 1.70. The van der Waals surface area contributed by atoms with Crippen molar-refractivity contribution < 1.29 is 12.8 Å². The number of nitrogens with two attached hydrogens (primary N) is 1. The van der Waals surface area contributed by atoms with Crippen molar-refractivity contribution in [3.8, 4) is 0 Å². The highest BCUT2D eigenvalue weighted by Crippen LogP contribution is 2.14. The Morgan fingerprint density at radius 2 is 2.00 bits per heavy atom. The molecule has 0 fully saturated rings. The quantitative estimate of drug-likeness (QED) is 0.878. The molecule has 0 saturated heterocycles. The molecule has 0 bridgehead atoms. The summed E-state index contributed by atoms with van der Waals surface area (Å²) in [5.41, 5.74) is 6.31. The van der Waals surface area contributed by atoms with Crippen molar-refractivity contribution in [3.05, 3.63) is 35.1 Å². The van der Waals surface area contributed by atoms with Gasteiger partial charge >= 0.3 is 0 Å². The van der Waals surface area contributed by atoms with E-state index in [0.29, 0.717) is 11.1 Å². The smallest absolute Gasteiger partial charge is 0.154 e. The zero-order valence-corrected chi connectivity index (χ0v) is 10.9. The van der Waals surface area contributed by atoms with Gasteiger partial charge in [-0.15, -0.1) is 0 Å². The SMILES string of the molecule is CC(C)CS(=O)(=O)Cc1ccc(F)c(CN)c1. The minimum Gasteiger partial charge on any atom is -0.326 e. The van der Waals surface area contributed by atoms with E-state index in [9.17, 15) is 12.8 Å². The Morgan fingerprint density at radius 1 is 1.35 bits per heavy atom. The molecule has 0 aliphatic heterocycles.